The lowest BCUT2D eigenvalue weighted by atomic mass is 10.2. The molecule has 0 aromatic carbocycles. The average molecular weight is 329 g/mol. The Kier molecular flexibility index (Phi) is 12.2. The van der Waals surface area contributed by atoms with Crippen LogP contribution >= 0.6 is 0 Å². The second-order valence-corrected chi connectivity index (χ2v) is 7.54. The van der Waals surface area contributed by atoms with Crippen LogP contribution in [0.15, 0.2) is 0 Å². The van der Waals surface area contributed by atoms with E-state index in [-0.39, 0.29) is 11.7 Å². The molecule has 1 saturated heterocycles. The third kappa shape index (κ3) is 13.4. The molecule has 23 heavy (non-hydrogen) atoms. The number of amides is 1. The number of unbranched alkanes of at least 4 members (excludes halogenated alkanes) is 3. The van der Waals surface area contributed by atoms with Gasteiger partial charge in [0.15, 0.2) is 0 Å². The number of nitrogens with zero attached hydrogens (tertiary/aromatic N) is 2. The molecule has 1 amide bonds. The fraction of sp³-hybridized carbons (Fsp3) is 0.947. The number of hydrogen-bond donors (Lipinski definition) is 0. The molecule has 0 N–H and O–H groups in total. The van der Waals surface area contributed by atoms with Crippen LogP contribution in [0.4, 0.5) is 4.79 Å². The third-order valence-corrected chi connectivity index (χ3v) is 3.79. The average Bonchev–Trinajstić information content (AvgIpc) is 2.98. The Hall–Kier alpha value is -0.770. The van der Waals surface area contributed by atoms with Gasteiger partial charge in [0.2, 0.25) is 0 Å². The third-order valence-electron chi connectivity index (χ3n) is 3.79. The van der Waals surface area contributed by atoms with Crippen LogP contribution in [0.5, 0.6) is 0 Å². The molecule has 0 radical (unpaired) electrons. The molecule has 0 bridgehead atoms. The van der Waals surface area contributed by atoms with Gasteiger partial charge >= 0.3 is 6.09 Å². The highest BCUT2D eigenvalue weighted by molar-refractivity contribution is 5.68. The molecule has 4 nitrogen and oxygen atoms in total. The topological polar surface area (TPSA) is 32.8 Å². The highest BCUT2D eigenvalue weighted by Gasteiger charge is 2.23. The Balaban J connectivity index is 0.000000423. The van der Waals surface area contributed by atoms with Crippen molar-refractivity contribution < 1.29 is 9.53 Å². The minimum Gasteiger partial charge on any atom is -0.444 e. The van der Waals surface area contributed by atoms with E-state index in [4.69, 9.17) is 4.74 Å². The van der Waals surface area contributed by atoms with E-state index in [1.54, 1.807) is 4.90 Å². The van der Waals surface area contributed by atoms with E-state index >= 15 is 0 Å². The van der Waals surface area contributed by atoms with Crippen LogP contribution in [0.3, 0.4) is 0 Å². The molecular formula is C19H40N2O2. The van der Waals surface area contributed by atoms with Crippen LogP contribution in [-0.4, -0.2) is 54.7 Å². The first-order valence-electron chi connectivity index (χ1n) is 9.46. The highest BCUT2D eigenvalue weighted by Crippen LogP contribution is 2.14. The van der Waals surface area contributed by atoms with E-state index in [0.29, 0.717) is 0 Å². The summed E-state index contributed by atoms with van der Waals surface area (Å²) in [6, 6.07) is 0. The predicted molar refractivity (Wildman–Crippen MR) is 99.0 cm³/mol. The lowest BCUT2D eigenvalue weighted by Gasteiger charge is -2.23. The number of carbonyl (C=O) groups excluding carboxylic acids is 1. The summed E-state index contributed by atoms with van der Waals surface area (Å²) in [7, 11) is 2.23. The van der Waals surface area contributed by atoms with Gasteiger partial charge in [-0.25, -0.2) is 4.79 Å². The minimum atomic E-state index is -0.361. The number of carbonyl (C=O) groups is 1. The summed E-state index contributed by atoms with van der Waals surface area (Å²) >= 11 is 0. The molecule has 1 fully saturated rings. The van der Waals surface area contributed by atoms with Crippen molar-refractivity contribution in [3.8, 4) is 0 Å². The van der Waals surface area contributed by atoms with Gasteiger partial charge < -0.3 is 14.5 Å². The molecule has 1 aliphatic rings. The summed E-state index contributed by atoms with van der Waals surface area (Å²) in [5.41, 5.74) is -0.361. The van der Waals surface area contributed by atoms with Gasteiger partial charge in [0.1, 0.15) is 5.60 Å². The van der Waals surface area contributed by atoms with Crippen molar-refractivity contribution in [3.05, 3.63) is 0 Å². The van der Waals surface area contributed by atoms with E-state index < -0.39 is 0 Å². The maximum atomic E-state index is 11.4. The van der Waals surface area contributed by atoms with Crippen molar-refractivity contribution >= 4 is 6.09 Å². The molecule has 0 aliphatic carbocycles. The maximum Gasteiger partial charge on any atom is 0.410 e. The second-order valence-electron chi connectivity index (χ2n) is 7.54. The maximum absolute atomic E-state index is 11.4. The lowest BCUT2D eigenvalue weighted by Crippen LogP contribution is -2.34. The molecule has 0 aromatic rings. The summed E-state index contributed by atoms with van der Waals surface area (Å²) in [4.78, 5) is 15.6. The summed E-state index contributed by atoms with van der Waals surface area (Å²) in [6.45, 7) is 14.5. The van der Waals surface area contributed by atoms with E-state index in [2.05, 4.69) is 25.8 Å². The number of rotatable bonds is 7. The molecule has 0 spiro atoms. The van der Waals surface area contributed by atoms with Crippen LogP contribution < -0.4 is 0 Å². The van der Waals surface area contributed by atoms with Crippen molar-refractivity contribution in [1.29, 1.82) is 0 Å². The Labute approximate surface area is 144 Å². The van der Waals surface area contributed by atoms with Crippen LogP contribution in [0, 0.1) is 0 Å². The number of ether oxygens (including phenoxy) is 1. The smallest absolute Gasteiger partial charge is 0.410 e. The molecule has 0 atom stereocenters. The van der Waals surface area contributed by atoms with Gasteiger partial charge in [-0.3, -0.25) is 0 Å². The standard InChI is InChI=1S/C10H23N.C9H17NO2/c1-4-6-8-10-11(3)9-7-5-2;1-9(2,3)12-8(11)10-6-4-5-7-10/h4-10H2,1-3H3;4-7H2,1-3H3. The number of hydrogen-bond acceptors (Lipinski definition) is 3. The zero-order valence-corrected chi connectivity index (χ0v) is 16.5. The normalized spacial score (nSPS) is 14.7. The summed E-state index contributed by atoms with van der Waals surface area (Å²) in [5.74, 6) is 0. The van der Waals surface area contributed by atoms with Gasteiger partial charge in [-0.05, 0) is 66.6 Å². The fourth-order valence-corrected chi connectivity index (χ4v) is 2.40. The van der Waals surface area contributed by atoms with Gasteiger partial charge in [-0.15, -0.1) is 0 Å². The lowest BCUT2D eigenvalue weighted by molar-refractivity contribution is 0.0295. The van der Waals surface area contributed by atoms with E-state index in [0.717, 1.165) is 25.9 Å². The first kappa shape index (κ1) is 22.2. The molecule has 1 heterocycles. The van der Waals surface area contributed by atoms with Crippen molar-refractivity contribution in [1.82, 2.24) is 9.80 Å². The summed E-state index contributed by atoms with van der Waals surface area (Å²) < 4.78 is 5.21. The molecule has 1 rings (SSSR count). The molecule has 1 aliphatic heterocycles. The first-order valence-corrected chi connectivity index (χ1v) is 9.46. The van der Waals surface area contributed by atoms with Crippen LogP contribution in [0.2, 0.25) is 0 Å². The summed E-state index contributed by atoms with van der Waals surface area (Å²) in [6.07, 6.45) is 8.81. The second kappa shape index (κ2) is 12.6. The molecule has 138 valence electrons. The van der Waals surface area contributed by atoms with Crippen LogP contribution in [0.1, 0.15) is 79.6 Å². The van der Waals surface area contributed by atoms with Gasteiger partial charge in [-0.2, -0.15) is 0 Å². The quantitative estimate of drug-likeness (QED) is 0.621. The van der Waals surface area contributed by atoms with Crippen molar-refractivity contribution in [3.63, 3.8) is 0 Å². The van der Waals surface area contributed by atoms with E-state index in [1.165, 1.54) is 45.2 Å². The largest absolute Gasteiger partial charge is 0.444 e. The Morgan fingerprint density at radius 1 is 1.00 bits per heavy atom. The monoisotopic (exact) mass is 328 g/mol. The van der Waals surface area contributed by atoms with Gasteiger partial charge in [0.05, 0.1) is 0 Å². The Morgan fingerprint density at radius 2 is 1.52 bits per heavy atom. The first-order chi connectivity index (χ1) is 10.8. The molecule has 0 unspecified atom stereocenters. The minimum absolute atomic E-state index is 0.167. The Morgan fingerprint density at radius 3 is 2.00 bits per heavy atom. The molecule has 0 aromatic heterocycles. The van der Waals surface area contributed by atoms with Crippen molar-refractivity contribution in [2.75, 3.05) is 33.2 Å². The fourth-order valence-electron chi connectivity index (χ4n) is 2.40. The highest BCUT2D eigenvalue weighted by atomic mass is 16.6. The van der Waals surface area contributed by atoms with E-state index in [1.807, 2.05) is 20.8 Å². The SMILES string of the molecule is CC(C)(C)OC(=O)N1CCCC1.CCCCCN(C)CCCC. The van der Waals surface area contributed by atoms with Crippen LogP contribution in [0.25, 0.3) is 0 Å². The van der Waals surface area contributed by atoms with Gasteiger partial charge in [-0.1, -0.05) is 33.1 Å². The Bertz CT molecular complexity index is 294. The molecule has 4 heteroatoms. The molecular weight excluding hydrogens is 288 g/mol. The molecule has 0 saturated carbocycles. The number of likely N-dealkylation sites (tertiary alicyclic amines) is 1. The van der Waals surface area contributed by atoms with Gasteiger partial charge in [0, 0.05) is 13.1 Å². The zero-order chi connectivity index (χ0) is 17.7. The zero-order valence-electron chi connectivity index (χ0n) is 16.5. The predicted octanol–water partition coefficient (Wildman–Crippen LogP) is 4.93. The van der Waals surface area contributed by atoms with E-state index in [9.17, 15) is 4.79 Å². The van der Waals surface area contributed by atoms with Crippen LogP contribution in [-0.2, 0) is 4.74 Å². The van der Waals surface area contributed by atoms with Crippen molar-refractivity contribution in [2.45, 2.75) is 85.2 Å². The summed E-state index contributed by atoms with van der Waals surface area (Å²) in [5, 5.41) is 0. The van der Waals surface area contributed by atoms with Gasteiger partial charge in [0.25, 0.3) is 0 Å². The van der Waals surface area contributed by atoms with Crippen molar-refractivity contribution in [2.24, 2.45) is 0 Å².